The molecular weight excluding hydrogens is 631 g/mol. The number of para-hydroxylation sites is 1. The van der Waals surface area contributed by atoms with Crippen LogP contribution in [0, 0.1) is 0 Å². The lowest BCUT2D eigenvalue weighted by Crippen LogP contribution is -2.00. The molecule has 10 aromatic rings. The maximum atomic E-state index is 6.22. The third kappa shape index (κ3) is 4.95. The fourth-order valence-corrected chi connectivity index (χ4v) is 7.92. The number of fused-ring (bicyclic) bond motifs is 6. The van der Waals surface area contributed by atoms with Crippen molar-refractivity contribution in [3.8, 4) is 56.4 Å². The van der Waals surface area contributed by atoms with E-state index in [1.807, 2.05) is 65.9 Å². The van der Waals surface area contributed by atoms with Crippen LogP contribution >= 0.6 is 11.3 Å². The molecule has 4 nitrogen and oxygen atoms in total. The minimum atomic E-state index is 0.597. The number of furan rings is 1. The Hall–Kier alpha value is -6.43. The summed E-state index contributed by atoms with van der Waals surface area (Å²) in [7, 11) is 0. The minimum Gasteiger partial charge on any atom is -0.456 e. The van der Waals surface area contributed by atoms with E-state index in [1.54, 1.807) is 0 Å². The maximum Gasteiger partial charge on any atom is 0.164 e. The molecule has 10 rings (SSSR count). The predicted octanol–water partition coefficient (Wildman–Crippen LogP) is 12.5. The molecule has 234 valence electrons. The van der Waals surface area contributed by atoms with Crippen LogP contribution in [0.15, 0.2) is 168 Å². The molecule has 3 aromatic heterocycles. The molecule has 0 atom stereocenters. The van der Waals surface area contributed by atoms with Gasteiger partial charge in [-0.1, -0.05) is 115 Å². The highest BCUT2D eigenvalue weighted by molar-refractivity contribution is 7.25. The second kappa shape index (κ2) is 11.6. The first-order valence-corrected chi connectivity index (χ1v) is 17.4. The van der Waals surface area contributed by atoms with Gasteiger partial charge in [0.2, 0.25) is 0 Å². The van der Waals surface area contributed by atoms with E-state index in [0.29, 0.717) is 17.5 Å². The van der Waals surface area contributed by atoms with E-state index >= 15 is 0 Å². The van der Waals surface area contributed by atoms with Crippen molar-refractivity contribution in [1.82, 2.24) is 15.0 Å². The Morgan fingerprint density at radius 3 is 1.62 bits per heavy atom. The molecule has 5 heteroatoms. The summed E-state index contributed by atoms with van der Waals surface area (Å²) in [6.07, 6.45) is 0. The first kappa shape index (κ1) is 28.6. The Bertz CT molecular complexity index is 2890. The number of rotatable bonds is 5. The zero-order valence-electron chi connectivity index (χ0n) is 26.7. The fraction of sp³-hybridized carbons (Fsp3) is 0. The van der Waals surface area contributed by atoms with Crippen LogP contribution in [0.2, 0.25) is 0 Å². The zero-order chi connectivity index (χ0) is 33.0. The molecule has 0 amide bonds. The Balaban J connectivity index is 1.06. The first-order valence-electron chi connectivity index (χ1n) is 16.6. The van der Waals surface area contributed by atoms with Gasteiger partial charge < -0.3 is 4.42 Å². The summed E-state index contributed by atoms with van der Waals surface area (Å²) >= 11 is 1.84. The van der Waals surface area contributed by atoms with Crippen LogP contribution in [-0.4, -0.2) is 15.0 Å². The van der Waals surface area contributed by atoms with Crippen LogP contribution in [0.3, 0.4) is 0 Å². The molecule has 0 spiro atoms. The van der Waals surface area contributed by atoms with Crippen molar-refractivity contribution in [3.63, 3.8) is 0 Å². The standard InChI is InChI=1S/C45H27N3OS/c1-2-10-28(11-3-1)43-46-44(48-45(47-43)34-20-22-36-35-16-4-6-18-39(35)49-40(36)27-34)33-15-9-14-31(25-33)29-12-8-13-30(24-29)32-21-23-42-38(26-32)37-17-5-7-19-41(37)50-42/h1-27H. The summed E-state index contributed by atoms with van der Waals surface area (Å²) < 4.78 is 8.84. The van der Waals surface area contributed by atoms with Gasteiger partial charge in [-0.05, 0) is 70.8 Å². The highest BCUT2D eigenvalue weighted by atomic mass is 32.1. The molecule has 50 heavy (non-hydrogen) atoms. The summed E-state index contributed by atoms with van der Waals surface area (Å²) in [5.41, 5.74) is 9.01. The number of hydrogen-bond donors (Lipinski definition) is 0. The van der Waals surface area contributed by atoms with E-state index in [2.05, 4.69) is 109 Å². The monoisotopic (exact) mass is 657 g/mol. The molecule has 0 aliphatic carbocycles. The number of hydrogen-bond acceptors (Lipinski definition) is 5. The molecule has 0 saturated carbocycles. The van der Waals surface area contributed by atoms with Gasteiger partial charge in [0, 0.05) is 47.6 Å². The van der Waals surface area contributed by atoms with Gasteiger partial charge >= 0.3 is 0 Å². The fourth-order valence-electron chi connectivity index (χ4n) is 6.84. The third-order valence-electron chi connectivity index (χ3n) is 9.33. The Morgan fingerprint density at radius 1 is 0.320 bits per heavy atom. The number of benzene rings is 7. The molecular formula is C45H27N3OS. The van der Waals surface area contributed by atoms with Crippen molar-refractivity contribution < 1.29 is 4.42 Å². The quantitative estimate of drug-likeness (QED) is 0.185. The van der Waals surface area contributed by atoms with Crippen molar-refractivity contribution in [2.24, 2.45) is 0 Å². The maximum absolute atomic E-state index is 6.22. The van der Waals surface area contributed by atoms with Crippen LogP contribution in [0.5, 0.6) is 0 Å². The zero-order valence-corrected chi connectivity index (χ0v) is 27.6. The van der Waals surface area contributed by atoms with E-state index in [9.17, 15) is 0 Å². The summed E-state index contributed by atoms with van der Waals surface area (Å²) in [5.74, 6) is 1.84. The van der Waals surface area contributed by atoms with E-state index in [4.69, 9.17) is 19.4 Å². The molecule has 0 unspecified atom stereocenters. The molecule has 0 fully saturated rings. The second-order valence-electron chi connectivity index (χ2n) is 12.5. The molecule has 7 aromatic carbocycles. The average molecular weight is 658 g/mol. The normalized spacial score (nSPS) is 11.6. The van der Waals surface area contributed by atoms with Gasteiger partial charge in [-0.25, -0.2) is 15.0 Å². The van der Waals surface area contributed by atoms with Gasteiger partial charge in [-0.2, -0.15) is 0 Å². The summed E-state index contributed by atoms with van der Waals surface area (Å²) in [6, 6.07) is 57.0. The summed E-state index contributed by atoms with van der Waals surface area (Å²) in [5, 5.41) is 4.77. The highest BCUT2D eigenvalue weighted by Gasteiger charge is 2.15. The van der Waals surface area contributed by atoms with Crippen molar-refractivity contribution >= 4 is 53.4 Å². The number of nitrogens with zero attached hydrogens (tertiary/aromatic N) is 3. The predicted molar refractivity (Wildman–Crippen MR) is 207 cm³/mol. The largest absolute Gasteiger partial charge is 0.456 e. The second-order valence-corrected chi connectivity index (χ2v) is 13.5. The van der Waals surface area contributed by atoms with Crippen molar-refractivity contribution in [1.29, 1.82) is 0 Å². The number of thiophene rings is 1. The van der Waals surface area contributed by atoms with E-state index in [1.165, 1.54) is 31.3 Å². The van der Waals surface area contributed by atoms with Crippen LogP contribution in [0.25, 0.3) is 98.5 Å². The van der Waals surface area contributed by atoms with Gasteiger partial charge in [0.15, 0.2) is 17.5 Å². The number of aromatic nitrogens is 3. The molecule has 3 heterocycles. The minimum absolute atomic E-state index is 0.597. The molecule has 0 bridgehead atoms. The Kier molecular flexibility index (Phi) is 6.64. The smallest absolute Gasteiger partial charge is 0.164 e. The van der Waals surface area contributed by atoms with Gasteiger partial charge in [-0.15, -0.1) is 11.3 Å². The van der Waals surface area contributed by atoms with Gasteiger partial charge in [0.05, 0.1) is 0 Å². The molecule has 0 radical (unpaired) electrons. The topological polar surface area (TPSA) is 51.8 Å². The van der Waals surface area contributed by atoms with Gasteiger partial charge in [-0.3, -0.25) is 0 Å². The highest BCUT2D eigenvalue weighted by Crippen LogP contribution is 2.38. The van der Waals surface area contributed by atoms with Gasteiger partial charge in [0.25, 0.3) is 0 Å². The molecule has 0 aliphatic heterocycles. The van der Waals surface area contributed by atoms with Crippen LogP contribution < -0.4 is 0 Å². The van der Waals surface area contributed by atoms with E-state index in [-0.39, 0.29) is 0 Å². The molecule has 0 N–H and O–H groups in total. The van der Waals surface area contributed by atoms with Gasteiger partial charge in [0.1, 0.15) is 11.2 Å². The SMILES string of the molecule is c1ccc(-c2nc(-c3cccc(-c4cccc(-c5ccc6sc7ccccc7c6c5)c4)c3)nc(-c3ccc4c(c3)oc3ccccc34)n2)cc1. The summed E-state index contributed by atoms with van der Waals surface area (Å²) in [4.78, 5) is 15.0. The average Bonchev–Trinajstić information content (AvgIpc) is 3.76. The lowest BCUT2D eigenvalue weighted by Gasteiger charge is -2.10. The van der Waals surface area contributed by atoms with Crippen molar-refractivity contribution in [3.05, 3.63) is 164 Å². The van der Waals surface area contributed by atoms with Crippen LogP contribution in [0.1, 0.15) is 0 Å². The molecule has 0 aliphatic rings. The lowest BCUT2D eigenvalue weighted by atomic mass is 9.97. The van der Waals surface area contributed by atoms with Crippen LogP contribution in [-0.2, 0) is 0 Å². The third-order valence-corrected chi connectivity index (χ3v) is 10.5. The van der Waals surface area contributed by atoms with Crippen LogP contribution in [0.4, 0.5) is 0 Å². The van der Waals surface area contributed by atoms with E-state index < -0.39 is 0 Å². The first-order chi connectivity index (χ1) is 24.7. The van der Waals surface area contributed by atoms with Crippen molar-refractivity contribution in [2.75, 3.05) is 0 Å². The Labute approximate surface area is 292 Å². The van der Waals surface area contributed by atoms with E-state index in [0.717, 1.165) is 49.8 Å². The molecule has 0 saturated heterocycles. The lowest BCUT2D eigenvalue weighted by molar-refractivity contribution is 0.669. The van der Waals surface area contributed by atoms with Crippen molar-refractivity contribution in [2.45, 2.75) is 0 Å². The summed E-state index contributed by atoms with van der Waals surface area (Å²) in [6.45, 7) is 0. The Morgan fingerprint density at radius 2 is 0.840 bits per heavy atom.